The van der Waals surface area contributed by atoms with Gasteiger partial charge in [-0.1, -0.05) is 84.9 Å². The van der Waals surface area contributed by atoms with Gasteiger partial charge in [0.1, 0.15) is 5.78 Å². The summed E-state index contributed by atoms with van der Waals surface area (Å²) in [6, 6.07) is 30.0. The van der Waals surface area contributed by atoms with Crippen molar-refractivity contribution in [3.05, 3.63) is 107 Å². The minimum atomic E-state index is -0.338. The van der Waals surface area contributed by atoms with E-state index in [1.165, 1.54) is 22.3 Å². The number of piperidine rings is 1. The first-order valence-corrected chi connectivity index (χ1v) is 12.1. The number of hydrogen-bond donors (Lipinski definition) is 0. The molecule has 0 spiro atoms. The Hall–Kier alpha value is -2.75. The third kappa shape index (κ3) is 4.05. The second-order valence-electron chi connectivity index (χ2n) is 9.69. The fraction of sp³-hybridized carbons (Fsp3) is 0.367. The third-order valence-corrected chi connectivity index (χ3v) is 8.03. The van der Waals surface area contributed by atoms with E-state index in [4.69, 9.17) is 4.74 Å². The molecule has 1 saturated heterocycles. The Morgan fingerprint density at radius 3 is 2.12 bits per heavy atom. The van der Waals surface area contributed by atoms with Crippen LogP contribution in [-0.2, 0) is 27.0 Å². The van der Waals surface area contributed by atoms with Crippen LogP contribution >= 0.6 is 0 Å². The molecular weight excluding hydrogens is 406 g/mol. The van der Waals surface area contributed by atoms with Crippen LogP contribution in [0.15, 0.2) is 84.9 Å². The highest BCUT2D eigenvalue weighted by Crippen LogP contribution is 2.42. The van der Waals surface area contributed by atoms with Crippen LogP contribution in [0, 0.1) is 0 Å². The maximum Gasteiger partial charge on any atom is 0.140 e. The highest BCUT2D eigenvalue weighted by molar-refractivity contribution is 5.88. The number of carbonyl (C=O) groups excluding carboxylic acids is 1. The van der Waals surface area contributed by atoms with E-state index in [1.54, 1.807) is 6.92 Å². The predicted octanol–water partition coefficient (Wildman–Crippen LogP) is 5.52. The molecule has 3 aromatic carbocycles. The zero-order valence-corrected chi connectivity index (χ0v) is 19.5. The van der Waals surface area contributed by atoms with Crippen molar-refractivity contribution < 1.29 is 9.53 Å². The second kappa shape index (κ2) is 9.24. The number of benzene rings is 3. The van der Waals surface area contributed by atoms with Gasteiger partial charge in [0.05, 0.1) is 18.6 Å². The fourth-order valence-corrected chi connectivity index (χ4v) is 5.98. The van der Waals surface area contributed by atoms with E-state index in [-0.39, 0.29) is 10.8 Å². The van der Waals surface area contributed by atoms with E-state index in [1.807, 2.05) is 6.07 Å². The van der Waals surface area contributed by atoms with E-state index in [0.717, 1.165) is 38.9 Å². The maximum absolute atomic E-state index is 12.8. The number of hydrogen-bond acceptors (Lipinski definition) is 3. The molecule has 0 saturated carbocycles. The summed E-state index contributed by atoms with van der Waals surface area (Å²) in [5.41, 5.74) is 4.73. The van der Waals surface area contributed by atoms with Gasteiger partial charge in [-0.25, -0.2) is 0 Å². The van der Waals surface area contributed by atoms with Crippen LogP contribution in [0.5, 0.6) is 0 Å². The molecule has 170 valence electrons. The van der Waals surface area contributed by atoms with Crippen molar-refractivity contribution in [1.29, 1.82) is 0 Å². The summed E-state index contributed by atoms with van der Waals surface area (Å²) in [7, 11) is 0. The molecular formula is C30H33NO2. The Labute approximate surface area is 197 Å². The summed E-state index contributed by atoms with van der Waals surface area (Å²) in [5, 5.41) is 0. The number of ketones is 1. The van der Waals surface area contributed by atoms with Gasteiger partial charge < -0.3 is 9.64 Å². The van der Waals surface area contributed by atoms with Crippen molar-refractivity contribution in [2.24, 2.45) is 0 Å². The molecule has 0 amide bonds. The first-order chi connectivity index (χ1) is 16.1. The lowest BCUT2D eigenvalue weighted by Crippen LogP contribution is -2.48. The summed E-state index contributed by atoms with van der Waals surface area (Å²) < 4.78 is 6.17. The number of nitrogens with zero attached hydrogens (tertiary/aromatic N) is 1. The number of rotatable bonds is 6. The van der Waals surface area contributed by atoms with Crippen molar-refractivity contribution in [3.63, 3.8) is 0 Å². The Balaban J connectivity index is 1.37. The van der Waals surface area contributed by atoms with Gasteiger partial charge in [-0.3, -0.25) is 4.79 Å². The predicted molar refractivity (Wildman–Crippen MR) is 132 cm³/mol. The summed E-state index contributed by atoms with van der Waals surface area (Å²) in [6.07, 6.45) is 2.78. The third-order valence-electron chi connectivity index (χ3n) is 8.03. The summed E-state index contributed by atoms with van der Waals surface area (Å²) in [6.45, 7) is 6.05. The molecule has 3 nitrogen and oxygen atoms in total. The average molecular weight is 440 g/mol. The van der Waals surface area contributed by atoms with Gasteiger partial charge in [0.2, 0.25) is 0 Å². The Morgan fingerprint density at radius 2 is 1.45 bits per heavy atom. The van der Waals surface area contributed by atoms with Crippen LogP contribution in [0.25, 0.3) is 0 Å². The molecule has 3 aromatic rings. The highest BCUT2D eigenvalue weighted by Gasteiger charge is 2.42. The average Bonchev–Trinajstić information content (AvgIpc) is 2.88. The molecule has 0 bridgehead atoms. The lowest BCUT2D eigenvalue weighted by Gasteiger charge is -2.44. The van der Waals surface area contributed by atoms with E-state index >= 15 is 0 Å². The molecule has 33 heavy (non-hydrogen) atoms. The monoisotopic (exact) mass is 439 g/mol. The largest absolute Gasteiger partial charge is 0.375 e. The smallest absolute Gasteiger partial charge is 0.140 e. The zero-order valence-electron chi connectivity index (χ0n) is 19.5. The minimum absolute atomic E-state index is 0.134. The van der Waals surface area contributed by atoms with Crippen molar-refractivity contribution in [2.45, 2.75) is 43.6 Å². The summed E-state index contributed by atoms with van der Waals surface area (Å²) >= 11 is 0. The van der Waals surface area contributed by atoms with Crippen LogP contribution < -0.4 is 0 Å². The highest BCUT2D eigenvalue weighted by atomic mass is 16.5. The molecule has 1 unspecified atom stereocenters. The molecule has 0 aromatic heterocycles. The number of likely N-dealkylation sites (tertiary alicyclic amines) is 1. The molecule has 5 rings (SSSR count). The maximum atomic E-state index is 12.8. The van der Waals surface area contributed by atoms with Gasteiger partial charge in [-0.2, -0.15) is 0 Å². The van der Waals surface area contributed by atoms with Crippen LogP contribution in [0.4, 0.5) is 0 Å². The van der Waals surface area contributed by atoms with Crippen molar-refractivity contribution in [2.75, 3.05) is 26.2 Å². The van der Waals surface area contributed by atoms with Gasteiger partial charge in [0.15, 0.2) is 0 Å². The lowest BCUT2D eigenvalue weighted by atomic mass is 9.68. The standard InChI is InChI=1S/C30H33NO2/c1-24(32)29(26-11-4-2-5-12-26)16-19-31(20-17-29)21-18-30(27-13-6-3-7-14-27)23-33-22-25-10-8-9-15-28(25)30/h2-15H,16-23H2,1H3. The van der Waals surface area contributed by atoms with E-state index in [0.29, 0.717) is 19.0 Å². The number of ether oxygens (including phenoxy) is 1. The van der Waals surface area contributed by atoms with E-state index in [2.05, 4.69) is 83.8 Å². The molecule has 0 radical (unpaired) electrons. The van der Waals surface area contributed by atoms with Gasteiger partial charge >= 0.3 is 0 Å². The normalized spacial score (nSPS) is 22.5. The van der Waals surface area contributed by atoms with Gasteiger partial charge in [0, 0.05) is 5.41 Å². The fourth-order valence-electron chi connectivity index (χ4n) is 5.98. The van der Waals surface area contributed by atoms with Crippen molar-refractivity contribution >= 4 is 5.78 Å². The van der Waals surface area contributed by atoms with Crippen LogP contribution in [-0.4, -0.2) is 36.9 Å². The van der Waals surface area contributed by atoms with Crippen LogP contribution in [0.1, 0.15) is 48.4 Å². The molecule has 0 aliphatic carbocycles. The van der Waals surface area contributed by atoms with Gasteiger partial charge in [-0.05, 0) is 68.1 Å². The molecule has 2 aliphatic rings. The SMILES string of the molecule is CC(=O)C1(c2ccccc2)CCN(CCC2(c3ccccc3)COCc3ccccc32)CC1. The van der Waals surface area contributed by atoms with Gasteiger partial charge in [0.25, 0.3) is 0 Å². The Bertz CT molecular complexity index is 1090. The lowest BCUT2D eigenvalue weighted by molar-refractivity contribution is -0.124. The Kier molecular flexibility index (Phi) is 6.18. The summed E-state index contributed by atoms with van der Waals surface area (Å²) in [4.78, 5) is 15.3. The molecule has 2 aliphatic heterocycles. The minimum Gasteiger partial charge on any atom is -0.375 e. The molecule has 1 atom stereocenters. The molecule has 1 fully saturated rings. The zero-order chi connectivity index (χ0) is 22.7. The number of fused-ring (bicyclic) bond motifs is 1. The van der Waals surface area contributed by atoms with E-state index in [9.17, 15) is 4.79 Å². The van der Waals surface area contributed by atoms with Crippen molar-refractivity contribution in [3.8, 4) is 0 Å². The molecule has 3 heteroatoms. The Morgan fingerprint density at radius 1 is 0.848 bits per heavy atom. The first kappa shape index (κ1) is 22.1. The van der Waals surface area contributed by atoms with Crippen LogP contribution in [0.3, 0.4) is 0 Å². The summed E-state index contributed by atoms with van der Waals surface area (Å²) in [5.74, 6) is 0.295. The quantitative estimate of drug-likeness (QED) is 0.507. The van der Waals surface area contributed by atoms with E-state index < -0.39 is 0 Å². The first-order valence-electron chi connectivity index (χ1n) is 12.1. The van der Waals surface area contributed by atoms with Crippen molar-refractivity contribution in [1.82, 2.24) is 4.90 Å². The molecule has 0 N–H and O–H groups in total. The van der Waals surface area contributed by atoms with Crippen LogP contribution in [0.2, 0.25) is 0 Å². The topological polar surface area (TPSA) is 29.5 Å². The second-order valence-corrected chi connectivity index (χ2v) is 9.69. The van der Waals surface area contributed by atoms with Gasteiger partial charge in [-0.15, -0.1) is 0 Å². The number of carbonyl (C=O) groups is 1. The molecule has 2 heterocycles. The number of Topliss-reactive ketones (excluding diaryl/α,β-unsaturated/α-hetero) is 1.